The lowest BCUT2D eigenvalue weighted by Gasteiger charge is -2.32. The van der Waals surface area contributed by atoms with Crippen LogP contribution in [0.1, 0.15) is 49.4 Å². The fourth-order valence-electron chi connectivity index (χ4n) is 4.96. The van der Waals surface area contributed by atoms with Crippen molar-refractivity contribution in [1.82, 2.24) is 19.4 Å². The lowest BCUT2D eigenvalue weighted by atomic mass is 10.1. The van der Waals surface area contributed by atoms with E-state index in [0.29, 0.717) is 37.2 Å². The van der Waals surface area contributed by atoms with E-state index in [9.17, 15) is 18.4 Å². The second-order valence-corrected chi connectivity index (χ2v) is 9.76. The fourth-order valence-corrected chi connectivity index (χ4v) is 4.96. The molecule has 2 amide bonds. The smallest absolute Gasteiger partial charge is 0.254 e. The van der Waals surface area contributed by atoms with Crippen LogP contribution in [0.4, 0.5) is 8.78 Å². The highest BCUT2D eigenvalue weighted by Gasteiger charge is 2.31. The van der Waals surface area contributed by atoms with Crippen LogP contribution in [0.5, 0.6) is 5.75 Å². The van der Waals surface area contributed by atoms with Crippen LogP contribution < -0.4 is 4.74 Å². The van der Waals surface area contributed by atoms with Gasteiger partial charge >= 0.3 is 0 Å². The van der Waals surface area contributed by atoms with Crippen molar-refractivity contribution < 1.29 is 23.1 Å². The third-order valence-electron chi connectivity index (χ3n) is 6.86. The normalized spacial score (nSPS) is 17.1. The van der Waals surface area contributed by atoms with E-state index in [0.717, 1.165) is 49.6 Å². The van der Waals surface area contributed by atoms with Gasteiger partial charge in [-0.1, -0.05) is 0 Å². The molecule has 2 aliphatic heterocycles. The maximum atomic E-state index is 13.1. The Bertz CT molecular complexity index is 1240. The average Bonchev–Trinajstić information content (AvgIpc) is 3.54. The molecule has 0 spiro atoms. The molecule has 2 saturated heterocycles. The van der Waals surface area contributed by atoms with Crippen molar-refractivity contribution >= 4 is 22.7 Å². The molecular formula is C27H30F2N4O3. The van der Waals surface area contributed by atoms with Crippen LogP contribution in [0.15, 0.2) is 48.8 Å². The molecule has 7 nitrogen and oxygen atoms in total. The SMILES string of the molecule is CC(F)(F)CC(=O)N1CCC(Oc2ccc(-n3ccc4cc(C(=O)N5CCCC5)ccc43)nc2)CC1. The van der Waals surface area contributed by atoms with Crippen LogP contribution in [-0.2, 0) is 4.79 Å². The molecule has 5 rings (SSSR count). The number of nitrogens with zero attached hydrogens (tertiary/aromatic N) is 4. The molecule has 3 aromatic rings. The molecule has 1 aromatic carbocycles. The maximum Gasteiger partial charge on any atom is 0.254 e. The summed E-state index contributed by atoms with van der Waals surface area (Å²) in [5, 5.41) is 0.976. The van der Waals surface area contributed by atoms with Gasteiger partial charge in [-0.2, -0.15) is 0 Å². The van der Waals surface area contributed by atoms with Crippen LogP contribution in [0.25, 0.3) is 16.7 Å². The summed E-state index contributed by atoms with van der Waals surface area (Å²) in [7, 11) is 0. The summed E-state index contributed by atoms with van der Waals surface area (Å²) in [6, 6.07) is 11.5. The molecule has 36 heavy (non-hydrogen) atoms. The van der Waals surface area contributed by atoms with E-state index in [2.05, 4.69) is 4.98 Å². The lowest BCUT2D eigenvalue weighted by molar-refractivity contribution is -0.139. The predicted molar refractivity (Wildman–Crippen MR) is 132 cm³/mol. The first kappa shape index (κ1) is 24.2. The average molecular weight is 497 g/mol. The Morgan fingerprint density at radius 2 is 1.78 bits per heavy atom. The zero-order valence-electron chi connectivity index (χ0n) is 20.3. The Kier molecular flexibility index (Phi) is 6.64. The Balaban J connectivity index is 1.20. The summed E-state index contributed by atoms with van der Waals surface area (Å²) >= 11 is 0. The standard InChI is InChI=1S/C27H30F2N4O3/c1-27(28,29)17-25(34)31-13-9-21(10-14-31)36-22-5-7-24(30-18-22)33-15-8-19-16-20(4-6-23(19)33)26(35)32-11-2-3-12-32/h4-8,15-16,18,21H,2-3,9-14,17H2,1H3. The van der Waals surface area contributed by atoms with Crippen LogP contribution >= 0.6 is 0 Å². The minimum atomic E-state index is -2.99. The second-order valence-electron chi connectivity index (χ2n) is 9.76. The maximum absolute atomic E-state index is 13.1. The number of rotatable bonds is 6. The minimum absolute atomic E-state index is 0.0836. The van der Waals surface area contributed by atoms with Crippen molar-refractivity contribution in [2.24, 2.45) is 0 Å². The number of carbonyl (C=O) groups excluding carboxylic acids is 2. The molecule has 0 saturated carbocycles. The van der Waals surface area contributed by atoms with Crippen molar-refractivity contribution in [3.8, 4) is 11.6 Å². The highest BCUT2D eigenvalue weighted by molar-refractivity contribution is 5.98. The van der Waals surface area contributed by atoms with Gasteiger partial charge in [0, 0.05) is 56.2 Å². The van der Waals surface area contributed by atoms with Crippen molar-refractivity contribution in [1.29, 1.82) is 0 Å². The molecule has 9 heteroatoms. The summed E-state index contributed by atoms with van der Waals surface area (Å²) in [5.74, 6) is -2.06. The van der Waals surface area contributed by atoms with E-state index in [4.69, 9.17) is 4.74 Å². The number of alkyl halides is 2. The van der Waals surface area contributed by atoms with E-state index in [1.165, 1.54) is 4.90 Å². The number of aromatic nitrogens is 2. The molecular weight excluding hydrogens is 466 g/mol. The van der Waals surface area contributed by atoms with Crippen molar-refractivity contribution in [3.05, 3.63) is 54.4 Å². The molecule has 0 bridgehead atoms. The Hall–Kier alpha value is -3.49. The molecule has 2 fully saturated rings. The molecule has 0 radical (unpaired) electrons. The van der Waals surface area contributed by atoms with Crippen LogP contribution in [0, 0.1) is 0 Å². The number of amides is 2. The molecule has 0 aliphatic carbocycles. The lowest BCUT2D eigenvalue weighted by Crippen LogP contribution is -2.43. The number of halogens is 2. The molecule has 0 atom stereocenters. The van der Waals surface area contributed by atoms with Gasteiger partial charge in [-0.15, -0.1) is 0 Å². The summed E-state index contributed by atoms with van der Waals surface area (Å²) in [6.07, 6.45) is 6.06. The largest absolute Gasteiger partial charge is 0.489 e. The fraction of sp³-hybridized carbons (Fsp3) is 0.444. The van der Waals surface area contributed by atoms with Crippen molar-refractivity contribution in [2.45, 2.75) is 51.1 Å². The van der Waals surface area contributed by atoms with Gasteiger partial charge in [0.1, 0.15) is 17.7 Å². The van der Waals surface area contributed by atoms with Crippen LogP contribution in [0.3, 0.4) is 0 Å². The Labute approximate surface area is 208 Å². The number of pyridine rings is 1. The van der Waals surface area contributed by atoms with Gasteiger partial charge in [0.25, 0.3) is 11.8 Å². The third-order valence-corrected chi connectivity index (χ3v) is 6.86. The van der Waals surface area contributed by atoms with Gasteiger partial charge in [-0.05, 0) is 56.2 Å². The highest BCUT2D eigenvalue weighted by Crippen LogP contribution is 2.25. The van der Waals surface area contributed by atoms with E-state index in [-0.39, 0.29) is 12.0 Å². The number of hydrogen-bond acceptors (Lipinski definition) is 4. The summed E-state index contributed by atoms with van der Waals surface area (Å²) in [6.45, 7) is 3.23. The van der Waals surface area contributed by atoms with Gasteiger partial charge in [-0.25, -0.2) is 13.8 Å². The van der Waals surface area contributed by atoms with E-state index in [1.807, 2.05) is 52.1 Å². The van der Waals surface area contributed by atoms with Crippen molar-refractivity contribution in [3.63, 3.8) is 0 Å². The number of fused-ring (bicyclic) bond motifs is 1. The number of carbonyl (C=O) groups is 2. The second kappa shape index (κ2) is 9.87. The quantitative estimate of drug-likeness (QED) is 0.497. The number of piperidine rings is 1. The van der Waals surface area contributed by atoms with E-state index >= 15 is 0 Å². The Morgan fingerprint density at radius 1 is 1.03 bits per heavy atom. The first-order valence-corrected chi connectivity index (χ1v) is 12.5. The number of benzene rings is 1. The topological polar surface area (TPSA) is 67.7 Å². The first-order valence-electron chi connectivity index (χ1n) is 12.5. The third kappa shape index (κ3) is 5.34. The number of likely N-dealkylation sites (tertiary alicyclic amines) is 2. The molecule has 190 valence electrons. The Morgan fingerprint density at radius 3 is 2.44 bits per heavy atom. The summed E-state index contributed by atoms with van der Waals surface area (Å²) in [4.78, 5) is 32.7. The number of hydrogen-bond donors (Lipinski definition) is 0. The van der Waals surface area contributed by atoms with Crippen LogP contribution in [0.2, 0.25) is 0 Å². The molecule has 4 heterocycles. The summed E-state index contributed by atoms with van der Waals surface area (Å²) in [5.41, 5.74) is 1.67. The molecule has 0 unspecified atom stereocenters. The molecule has 2 aliphatic rings. The monoisotopic (exact) mass is 496 g/mol. The van der Waals surface area contributed by atoms with Crippen molar-refractivity contribution in [2.75, 3.05) is 26.2 Å². The van der Waals surface area contributed by atoms with E-state index < -0.39 is 18.3 Å². The summed E-state index contributed by atoms with van der Waals surface area (Å²) < 4.78 is 34.3. The minimum Gasteiger partial charge on any atom is -0.489 e. The van der Waals surface area contributed by atoms with Gasteiger partial charge in [0.15, 0.2) is 0 Å². The zero-order chi connectivity index (χ0) is 25.3. The highest BCUT2D eigenvalue weighted by atomic mass is 19.3. The van der Waals surface area contributed by atoms with Gasteiger partial charge in [0.05, 0.1) is 18.1 Å². The first-order chi connectivity index (χ1) is 17.3. The van der Waals surface area contributed by atoms with Gasteiger partial charge in [-0.3, -0.25) is 9.59 Å². The van der Waals surface area contributed by atoms with Gasteiger partial charge in [0.2, 0.25) is 5.91 Å². The number of ether oxygens (including phenoxy) is 1. The van der Waals surface area contributed by atoms with E-state index in [1.54, 1.807) is 6.20 Å². The van der Waals surface area contributed by atoms with Gasteiger partial charge < -0.3 is 19.1 Å². The molecule has 2 aromatic heterocycles. The molecule has 0 N–H and O–H groups in total. The van der Waals surface area contributed by atoms with Crippen LogP contribution in [-0.4, -0.2) is 69.4 Å². The zero-order valence-corrected chi connectivity index (χ0v) is 20.3. The predicted octanol–water partition coefficient (Wildman–Crippen LogP) is 4.68.